The van der Waals surface area contributed by atoms with Crippen LogP contribution in [0, 0.1) is 0 Å². The summed E-state index contributed by atoms with van der Waals surface area (Å²) >= 11 is 0. The van der Waals surface area contributed by atoms with Crippen LogP contribution in [-0.2, 0) is 9.53 Å². The molecule has 1 aromatic carbocycles. The molecule has 0 aliphatic rings. The average Bonchev–Trinajstić information content (AvgIpc) is 2.39. The van der Waals surface area contributed by atoms with Crippen LogP contribution in [-0.4, -0.2) is 32.2 Å². The first-order valence-corrected chi connectivity index (χ1v) is 5.61. The molecule has 0 N–H and O–H groups in total. The van der Waals surface area contributed by atoms with Gasteiger partial charge in [-0.05, 0) is 31.2 Å². The van der Waals surface area contributed by atoms with Gasteiger partial charge in [-0.15, -0.1) is 13.2 Å². The molecule has 0 aliphatic carbocycles. The monoisotopic (exact) mass is 290 g/mol. The zero-order chi connectivity index (χ0) is 15.2. The van der Waals surface area contributed by atoms with Crippen LogP contribution < -0.4 is 9.75 Å². The zero-order valence-corrected chi connectivity index (χ0v) is 10.8. The molecular weight excluding hydrogens is 277 g/mol. The molecule has 8 heteroatoms. The number of carbonyl (C=O) groups excluding carboxylic acids is 1. The Morgan fingerprint density at radius 3 is 2.40 bits per heavy atom. The van der Waals surface area contributed by atoms with Gasteiger partial charge in [-0.1, -0.05) is 0 Å². The smallest absolute Gasteiger partial charge is 0.465 e. The van der Waals surface area contributed by atoms with Crippen LogP contribution in [0.1, 0.15) is 6.92 Å². The maximum Gasteiger partial charge on any atom is 0.573 e. The van der Waals surface area contributed by atoms with Crippen LogP contribution >= 0.6 is 0 Å². The lowest BCUT2D eigenvalue weighted by Crippen LogP contribution is -2.18. The molecule has 20 heavy (non-hydrogen) atoms. The number of carbonyl (C=O) groups is 1. The van der Waals surface area contributed by atoms with E-state index < -0.39 is 12.3 Å². The summed E-state index contributed by atoms with van der Waals surface area (Å²) in [5.74, 6) is -0.949. The summed E-state index contributed by atoms with van der Waals surface area (Å²) in [7, 11) is 1.22. The van der Waals surface area contributed by atoms with Crippen molar-refractivity contribution in [3.8, 4) is 5.75 Å². The van der Waals surface area contributed by atoms with Gasteiger partial charge in [0.2, 0.25) is 0 Å². The van der Waals surface area contributed by atoms with E-state index in [0.717, 1.165) is 6.21 Å². The molecule has 0 radical (unpaired) electrons. The Bertz CT molecular complexity index is 472. The normalized spacial score (nSPS) is 11.4. The van der Waals surface area contributed by atoms with Crippen LogP contribution in [0.4, 0.5) is 18.9 Å². The number of hydrogen-bond donors (Lipinski definition) is 0. The lowest BCUT2D eigenvalue weighted by molar-refractivity contribution is -0.274. The van der Waals surface area contributed by atoms with E-state index in [1.807, 2.05) is 0 Å². The number of anilines is 1. The number of ether oxygens (including phenoxy) is 2. The van der Waals surface area contributed by atoms with Gasteiger partial charge >= 0.3 is 12.3 Å². The van der Waals surface area contributed by atoms with Crippen LogP contribution in [0.2, 0.25) is 0 Å². The molecule has 0 amide bonds. The number of benzene rings is 1. The Balaban J connectivity index is 2.79. The molecule has 0 saturated carbocycles. The van der Waals surface area contributed by atoms with E-state index in [1.165, 1.54) is 36.4 Å². The Hall–Kier alpha value is -2.25. The minimum Gasteiger partial charge on any atom is -0.465 e. The summed E-state index contributed by atoms with van der Waals surface area (Å²) in [6, 6.07) is 5.14. The highest BCUT2D eigenvalue weighted by Crippen LogP contribution is 2.25. The van der Waals surface area contributed by atoms with Crippen LogP contribution in [0.5, 0.6) is 5.75 Å². The highest BCUT2D eigenvalue weighted by molar-refractivity contribution is 6.23. The maximum atomic E-state index is 12.0. The number of alkyl halides is 3. The second-order valence-corrected chi connectivity index (χ2v) is 3.53. The molecule has 1 rings (SSSR count). The van der Waals surface area contributed by atoms with E-state index in [9.17, 15) is 18.0 Å². The van der Waals surface area contributed by atoms with Crippen molar-refractivity contribution in [1.82, 2.24) is 0 Å². The highest BCUT2D eigenvalue weighted by atomic mass is 19.4. The molecule has 0 saturated heterocycles. The number of methoxy groups -OCH3 is 1. The molecule has 0 fully saturated rings. The second kappa shape index (κ2) is 6.78. The predicted octanol–water partition coefficient (Wildman–Crippen LogP) is 2.57. The van der Waals surface area contributed by atoms with Gasteiger partial charge < -0.3 is 9.47 Å². The number of esters is 1. The van der Waals surface area contributed by atoms with Gasteiger partial charge in [-0.3, -0.25) is 5.01 Å². The molecular formula is C12H13F3N2O3. The first kappa shape index (κ1) is 15.8. The average molecular weight is 290 g/mol. The maximum absolute atomic E-state index is 12.0. The van der Waals surface area contributed by atoms with Gasteiger partial charge in [0.25, 0.3) is 0 Å². The third-order valence-electron chi connectivity index (χ3n) is 2.17. The topological polar surface area (TPSA) is 51.1 Å². The van der Waals surface area contributed by atoms with Crippen molar-refractivity contribution in [2.24, 2.45) is 5.10 Å². The molecule has 0 unspecified atom stereocenters. The lowest BCUT2D eigenvalue weighted by Gasteiger charge is -2.17. The molecule has 0 bridgehead atoms. The van der Waals surface area contributed by atoms with Crippen molar-refractivity contribution in [3.05, 3.63) is 24.3 Å². The Morgan fingerprint density at radius 2 is 1.95 bits per heavy atom. The standard InChI is InChI=1S/C12H13F3N2O3/c1-3-17(16-8-11(18)19-2)9-4-6-10(7-5-9)20-12(13,14)15/h4-8H,3H2,1-2H3/b16-8-. The number of hydrogen-bond acceptors (Lipinski definition) is 5. The molecule has 0 aromatic heterocycles. The van der Waals surface area contributed by atoms with E-state index in [2.05, 4.69) is 14.6 Å². The summed E-state index contributed by atoms with van der Waals surface area (Å²) < 4.78 is 44.2. The van der Waals surface area contributed by atoms with Gasteiger partial charge in [0, 0.05) is 6.54 Å². The van der Waals surface area contributed by atoms with Crippen molar-refractivity contribution in [1.29, 1.82) is 0 Å². The fourth-order valence-electron chi connectivity index (χ4n) is 1.32. The fourth-order valence-corrected chi connectivity index (χ4v) is 1.32. The quantitative estimate of drug-likeness (QED) is 0.475. The second-order valence-electron chi connectivity index (χ2n) is 3.53. The van der Waals surface area contributed by atoms with Gasteiger partial charge in [0.15, 0.2) is 0 Å². The summed E-state index contributed by atoms with van der Waals surface area (Å²) in [6.45, 7) is 2.20. The fraction of sp³-hybridized carbons (Fsp3) is 0.333. The first-order valence-electron chi connectivity index (χ1n) is 5.61. The van der Waals surface area contributed by atoms with E-state index in [4.69, 9.17) is 0 Å². The Morgan fingerprint density at radius 1 is 1.35 bits per heavy atom. The van der Waals surface area contributed by atoms with Crippen LogP contribution in [0.3, 0.4) is 0 Å². The largest absolute Gasteiger partial charge is 0.573 e. The Labute approximate surface area is 113 Å². The summed E-state index contributed by atoms with van der Waals surface area (Å²) in [6.07, 6.45) is -3.75. The van der Waals surface area contributed by atoms with Gasteiger partial charge in [0.1, 0.15) is 12.0 Å². The van der Waals surface area contributed by atoms with E-state index in [-0.39, 0.29) is 5.75 Å². The predicted molar refractivity (Wildman–Crippen MR) is 66.7 cm³/mol. The third-order valence-corrected chi connectivity index (χ3v) is 2.17. The molecule has 0 atom stereocenters. The van der Waals surface area contributed by atoms with E-state index >= 15 is 0 Å². The van der Waals surface area contributed by atoms with Crippen LogP contribution in [0.25, 0.3) is 0 Å². The molecule has 0 heterocycles. The summed E-state index contributed by atoms with van der Waals surface area (Å²) in [4.78, 5) is 10.9. The summed E-state index contributed by atoms with van der Waals surface area (Å²) in [5.41, 5.74) is 0.516. The zero-order valence-electron chi connectivity index (χ0n) is 10.8. The van der Waals surface area contributed by atoms with Crippen molar-refractivity contribution < 1.29 is 27.4 Å². The SMILES string of the molecule is CCN(/N=C\C(=O)OC)c1ccc(OC(F)(F)F)cc1. The van der Waals surface area contributed by atoms with Crippen molar-refractivity contribution >= 4 is 17.9 Å². The lowest BCUT2D eigenvalue weighted by atomic mass is 10.3. The van der Waals surface area contributed by atoms with Crippen LogP contribution in [0.15, 0.2) is 29.4 Å². The highest BCUT2D eigenvalue weighted by Gasteiger charge is 2.30. The molecule has 110 valence electrons. The minimum absolute atomic E-state index is 0.325. The number of rotatable bonds is 5. The third kappa shape index (κ3) is 5.17. The van der Waals surface area contributed by atoms with Crippen molar-refractivity contribution in [2.45, 2.75) is 13.3 Å². The molecule has 0 spiro atoms. The van der Waals surface area contributed by atoms with Gasteiger partial charge in [0.05, 0.1) is 12.8 Å². The van der Waals surface area contributed by atoms with Gasteiger partial charge in [-0.2, -0.15) is 5.10 Å². The van der Waals surface area contributed by atoms with E-state index in [1.54, 1.807) is 6.92 Å². The van der Waals surface area contributed by atoms with E-state index in [0.29, 0.717) is 12.2 Å². The molecule has 5 nitrogen and oxygen atoms in total. The molecule has 0 aliphatic heterocycles. The minimum atomic E-state index is -4.73. The number of hydrazone groups is 1. The van der Waals surface area contributed by atoms with Crippen molar-refractivity contribution in [2.75, 3.05) is 18.7 Å². The van der Waals surface area contributed by atoms with Crippen molar-refractivity contribution in [3.63, 3.8) is 0 Å². The first-order chi connectivity index (χ1) is 9.35. The van der Waals surface area contributed by atoms with Gasteiger partial charge in [-0.25, -0.2) is 4.79 Å². The summed E-state index contributed by atoms with van der Waals surface area (Å²) in [5, 5.41) is 5.28. The Kier molecular flexibility index (Phi) is 5.36. The number of nitrogens with zero attached hydrogens (tertiary/aromatic N) is 2. The number of halogens is 3. The molecule has 1 aromatic rings.